The first-order valence-electron chi connectivity index (χ1n) is 5.74. The molecule has 3 aliphatic carbocycles. The molecule has 2 N–H and O–H groups in total. The Balaban J connectivity index is 2.21. The molecule has 3 rings (SSSR count). The molecule has 0 aromatic rings. The molecule has 3 aliphatic rings. The first-order chi connectivity index (χ1) is 7.26. The molecular weight excluding hydrogens is 206 g/mol. The molecule has 4 nitrogen and oxygen atoms in total. The van der Waals surface area contributed by atoms with Crippen LogP contribution in [-0.4, -0.2) is 34.0 Å². The molecule has 4 heteroatoms. The van der Waals surface area contributed by atoms with E-state index >= 15 is 0 Å². The zero-order valence-electron chi connectivity index (χ0n) is 10.0. The van der Waals surface area contributed by atoms with Gasteiger partial charge < -0.3 is 10.2 Å². The van der Waals surface area contributed by atoms with Crippen molar-refractivity contribution in [1.29, 1.82) is 0 Å². The van der Waals surface area contributed by atoms with Gasteiger partial charge in [-0.2, -0.15) is 0 Å². The second-order valence-electron chi connectivity index (χ2n) is 5.81. The maximum atomic E-state index is 10.5. The minimum atomic E-state index is -0.943. The van der Waals surface area contributed by atoms with Crippen molar-refractivity contribution >= 4 is 11.7 Å². The summed E-state index contributed by atoms with van der Waals surface area (Å²) in [6.07, 6.45) is 1.77. The molecule has 0 spiro atoms. The molecule has 0 aromatic carbocycles. The van der Waals surface area contributed by atoms with Gasteiger partial charge in [0.2, 0.25) is 0 Å². The average molecular weight is 225 g/mol. The number of carbonyl (C=O) groups is 1. The van der Waals surface area contributed by atoms with E-state index < -0.39 is 11.6 Å². The van der Waals surface area contributed by atoms with E-state index in [9.17, 15) is 9.90 Å². The Morgan fingerprint density at radius 2 is 2.12 bits per heavy atom. The Bertz CT molecular complexity index is 357. The molecule has 90 valence electrons. The number of carboxylic acid groups (broad SMARTS) is 1. The topological polar surface area (TPSA) is 69.9 Å². The highest BCUT2D eigenvalue weighted by Crippen LogP contribution is 2.61. The van der Waals surface area contributed by atoms with Crippen LogP contribution in [0.3, 0.4) is 0 Å². The summed E-state index contributed by atoms with van der Waals surface area (Å²) in [5.41, 5.74) is -0.0881. The van der Waals surface area contributed by atoms with Crippen molar-refractivity contribution in [2.24, 2.45) is 22.2 Å². The van der Waals surface area contributed by atoms with E-state index in [0.717, 1.165) is 12.8 Å². The number of aliphatic carboxylic acids is 1. The van der Waals surface area contributed by atoms with Gasteiger partial charge in [0.1, 0.15) is 12.1 Å². The van der Waals surface area contributed by atoms with Crippen LogP contribution in [0.25, 0.3) is 0 Å². The van der Waals surface area contributed by atoms with Gasteiger partial charge >= 0.3 is 5.97 Å². The minimum absolute atomic E-state index is 0.158. The van der Waals surface area contributed by atoms with E-state index in [1.54, 1.807) is 6.92 Å². The average Bonchev–Trinajstić information content (AvgIpc) is 2.13. The fraction of sp³-hybridized carbons (Fsp3) is 0.833. The normalized spacial score (nSPS) is 42.9. The van der Waals surface area contributed by atoms with Gasteiger partial charge in [0.25, 0.3) is 0 Å². The van der Waals surface area contributed by atoms with Gasteiger partial charge in [0.05, 0.1) is 0 Å². The first-order valence-corrected chi connectivity index (χ1v) is 5.74. The number of fused-ring (bicyclic) bond motifs is 2. The van der Waals surface area contributed by atoms with E-state index in [1.165, 1.54) is 0 Å². The second-order valence-corrected chi connectivity index (χ2v) is 5.81. The predicted molar refractivity (Wildman–Crippen MR) is 60.6 cm³/mol. The summed E-state index contributed by atoms with van der Waals surface area (Å²) in [6, 6.07) is 0. The van der Waals surface area contributed by atoms with Gasteiger partial charge in [-0.15, -0.1) is 0 Å². The van der Waals surface area contributed by atoms with Gasteiger partial charge in [0, 0.05) is 5.71 Å². The molecule has 3 atom stereocenters. The summed E-state index contributed by atoms with van der Waals surface area (Å²) in [5.74, 6) is -0.182. The first kappa shape index (κ1) is 11.6. The van der Waals surface area contributed by atoms with Crippen molar-refractivity contribution in [3.8, 4) is 0 Å². The van der Waals surface area contributed by atoms with Crippen molar-refractivity contribution < 1.29 is 15.0 Å². The Labute approximate surface area is 95.4 Å². The molecule has 0 aromatic heterocycles. The molecule has 16 heavy (non-hydrogen) atoms. The van der Waals surface area contributed by atoms with Crippen LogP contribution in [0.15, 0.2) is 4.99 Å². The number of hydrogen-bond acceptors (Lipinski definition) is 3. The lowest BCUT2D eigenvalue weighted by Gasteiger charge is -2.62. The third kappa shape index (κ3) is 1.47. The Morgan fingerprint density at radius 1 is 1.50 bits per heavy atom. The molecule has 0 heterocycles. The molecule has 2 bridgehead atoms. The van der Waals surface area contributed by atoms with Gasteiger partial charge in [0.15, 0.2) is 0 Å². The lowest BCUT2D eigenvalue weighted by Crippen LogP contribution is -2.64. The van der Waals surface area contributed by atoms with Crippen LogP contribution in [-0.2, 0) is 4.79 Å². The van der Waals surface area contributed by atoms with E-state index in [2.05, 4.69) is 18.8 Å². The molecular formula is C12H19NO3. The third-order valence-electron chi connectivity index (χ3n) is 4.58. The zero-order chi connectivity index (χ0) is 12.1. The fourth-order valence-corrected chi connectivity index (χ4v) is 3.35. The van der Waals surface area contributed by atoms with Crippen LogP contribution in [0, 0.1) is 17.3 Å². The van der Waals surface area contributed by atoms with Crippen LogP contribution in [0.1, 0.15) is 33.6 Å². The molecule has 3 saturated carbocycles. The number of nitrogens with zero attached hydrogens (tertiary/aromatic N) is 1. The quantitative estimate of drug-likeness (QED) is 0.744. The van der Waals surface area contributed by atoms with Gasteiger partial charge in [-0.3, -0.25) is 9.79 Å². The summed E-state index contributed by atoms with van der Waals surface area (Å²) < 4.78 is 0. The lowest BCUT2D eigenvalue weighted by atomic mass is 9.44. The maximum absolute atomic E-state index is 10.5. The molecule has 0 amide bonds. The molecule has 0 aliphatic heterocycles. The van der Waals surface area contributed by atoms with E-state index in [-0.39, 0.29) is 17.9 Å². The van der Waals surface area contributed by atoms with E-state index in [1.807, 2.05) is 0 Å². The van der Waals surface area contributed by atoms with Gasteiger partial charge in [-0.25, -0.2) is 0 Å². The number of hydrogen-bond donors (Lipinski definition) is 2. The number of aliphatic hydroxyl groups is 1. The zero-order valence-corrected chi connectivity index (χ0v) is 10.0. The summed E-state index contributed by atoms with van der Waals surface area (Å²) in [6.45, 7) is 5.89. The highest BCUT2D eigenvalue weighted by Gasteiger charge is 2.61. The summed E-state index contributed by atoms with van der Waals surface area (Å²) in [5, 5.41) is 19.1. The largest absolute Gasteiger partial charge is 0.480 e. The Kier molecular flexibility index (Phi) is 2.38. The lowest BCUT2D eigenvalue weighted by molar-refractivity contribution is -0.136. The number of rotatable bonds is 2. The van der Waals surface area contributed by atoms with Crippen molar-refractivity contribution in [2.75, 3.05) is 6.54 Å². The second kappa shape index (κ2) is 3.29. The van der Waals surface area contributed by atoms with Crippen LogP contribution in [0.4, 0.5) is 0 Å². The summed E-state index contributed by atoms with van der Waals surface area (Å²) >= 11 is 0. The van der Waals surface area contributed by atoms with Gasteiger partial charge in [-0.05, 0) is 37.0 Å². The highest BCUT2D eigenvalue weighted by molar-refractivity contribution is 5.95. The van der Waals surface area contributed by atoms with Crippen molar-refractivity contribution in [3.05, 3.63) is 0 Å². The summed E-state index contributed by atoms with van der Waals surface area (Å²) in [4.78, 5) is 14.5. The Morgan fingerprint density at radius 3 is 2.56 bits per heavy atom. The van der Waals surface area contributed by atoms with Crippen molar-refractivity contribution in [3.63, 3.8) is 0 Å². The van der Waals surface area contributed by atoms with Crippen LogP contribution < -0.4 is 0 Å². The molecule has 0 radical (unpaired) electrons. The molecule has 0 saturated heterocycles. The predicted octanol–water partition coefficient (Wildman–Crippen LogP) is 1.33. The number of carboxylic acids is 1. The Hall–Kier alpha value is -0.900. The van der Waals surface area contributed by atoms with Crippen molar-refractivity contribution in [2.45, 2.75) is 39.2 Å². The van der Waals surface area contributed by atoms with Gasteiger partial charge in [-0.1, -0.05) is 13.8 Å². The van der Waals surface area contributed by atoms with Crippen LogP contribution in [0.5, 0.6) is 0 Å². The maximum Gasteiger partial charge on any atom is 0.325 e. The number of aliphatic imine (C=N–C) groups is 1. The third-order valence-corrected chi connectivity index (χ3v) is 4.58. The van der Waals surface area contributed by atoms with E-state index in [0.29, 0.717) is 11.6 Å². The highest BCUT2D eigenvalue weighted by atomic mass is 16.4. The smallest absolute Gasteiger partial charge is 0.325 e. The monoisotopic (exact) mass is 225 g/mol. The molecule has 3 unspecified atom stereocenters. The standard InChI is InChI=1S/C12H19NO3/c1-11(2)7-4-8(11)12(3,16)9(5-7)13-6-10(14)15/h7-8,16H,4-6H2,1-3H3,(H,14,15). The minimum Gasteiger partial charge on any atom is -0.480 e. The molecule has 3 fully saturated rings. The van der Waals surface area contributed by atoms with Crippen molar-refractivity contribution in [1.82, 2.24) is 0 Å². The fourth-order valence-electron chi connectivity index (χ4n) is 3.35. The summed E-state index contributed by atoms with van der Waals surface area (Å²) in [7, 11) is 0. The van der Waals surface area contributed by atoms with Crippen LogP contribution >= 0.6 is 0 Å². The SMILES string of the molecule is CC1(O)C(=NCC(=O)O)CC2CC1C2(C)C. The van der Waals surface area contributed by atoms with E-state index in [4.69, 9.17) is 5.11 Å². The van der Waals surface area contributed by atoms with Crippen LogP contribution in [0.2, 0.25) is 0 Å².